The number of hydrogen-bond acceptors (Lipinski definition) is 4. The molecule has 2 aromatic rings. The predicted molar refractivity (Wildman–Crippen MR) is 92.4 cm³/mol. The Balaban J connectivity index is 1.56. The number of halogens is 2. The summed E-state index contributed by atoms with van der Waals surface area (Å²) in [6, 6.07) is 7.47. The van der Waals surface area contributed by atoms with E-state index in [0.29, 0.717) is 38.3 Å². The topological polar surface area (TPSA) is 40.6 Å². The highest BCUT2D eigenvalue weighted by molar-refractivity contribution is 7.12. The minimum absolute atomic E-state index is 0.103. The van der Waals surface area contributed by atoms with Crippen LogP contribution in [0.15, 0.2) is 35.7 Å². The average Bonchev–Trinajstić information content (AvgIpc) is 3.09. The Labute approximate surface area is 148 Å². The molecule has 1 aromatic heterocycles. The first kappa shape index (κ1) is 17.1. The maximum Gasteiger partial charge on any atom is 0.255 e. The molecule has 0 spiro atoms. The van der Waals surface area contributed by atoms with Crippen molar-refractivity contribution in [3.05, 3.63) is 57.0 Å². The Morgan fingerprint density at radius 2 is 1.92 bits per heavy atom. The Hall–Kier alpha value is -1.76. The summed E-state index contributed by atoms with van der Waals surface area (Å²) in [4.78, 5) is 29.1. The first-order chi connectivity index (χ1) is 11.5. The van der Waals surface area contributed by atoms with Crippen molar-refractivity contribution in [1.29, 1.82) is 0 Å². The summed E-state index contributed by atoms with van der Waals surface area (Å²) in [6.07, 6.45) is 0. The third-order valence-electron chi connectivity index (χ3n) is 3.98. The molecule has 0 saturated carbocycles. The Bertz CT molecular complexity index is 743. The molecule has 0 aliphatic carbocycles. The van der Waals surface area contributed by atoms with Crippen LogP contribution in [0, 0.1) is 5.82 Å². The highest BCUT2D eigenvalue weighted by Gasteiger charge is 2.25. The summed E-state index contributed by atoms with van der Waals surface area (Å²) >= 11 is 7.40. The molecule has 24 heavy (non-hydrogen) atoms. The number of rotatable bonds is 4. The van der Waals surface area contributed by atoms with E-state index in [9.17, 15) is 14.0 Å². The molecule has 2 heterocycles. The van der Waals surface area contributed by atoms with Crippen LogP contribution in [0.3, 0.4) is 0 Å². The third-order valence-corrected chi connectivity index (χ3v) is 5.21. The summed E-state index contributed by atoms with van der Waals surface area (Å²) in [6.45, 7) is 2.65. The molecule has 1 amide bonds. The van der Waals surface area contributed by atoms with Gasteiger partial charge in [0.15, 0.2) is 5.78 Å². The van der Waals surface area contributed by atoms with Gasteiger partial charge in [-0.05, 0) is 29.6 Å². The maximum absolute atomic E-state index is 13.1. The lowest BCUT2D eigenvalue weighted by atomic mass is 10.1. The fraction of sp³-hybridized carbons (Fsp3) is 0.294. The number of thiophene rings is 1. The minimum atomic E-state index is -0.464. The normalized spacial score (nSPS) is 15.5. The van der Waals surface area contributed by atoms with Gasteiger partial charge in [-0.2, -0.15) is 0 Å². The first-order valence-electron chi connectivity index (χ1n) is 7.58. The SMILES string of the molecule is O=C(CN1CCN(C(=O)c2ccc(F)cc2Cl)CC1)c1cccs1. The number of amides is 1. The van der Waals surface area contributed by atoms with E-state index in [0.717, 1.165) is 10.9 Å². The molecule has 1 fully saturated rings. The molecule has 1 saturated heterocycles. The van der Waals surface area contributed by atoms with Crippen molar-refractivity contribution < 1.29 is 14.0 Å². The lowest BCUT2D eigenvalue weighted by molar-refractivity contribution is 0.0625. The zero-order valence-electron chi connectivity index (χ0n) is 12.9. The second-order valence-corrected chi connectivity index (χ2v) is 6.95. The number of piperazine rings is 1. The fourth-order valence-electron chi connectivity index (χ4n) is 2.66. The zero-order valence-corrected chi connectivity index (χ0v) is 14.4. The van der Waals surface area contributed by atoms with Gasteiger partial charge in [-0.25, -0.2) is 4.39 Å². The smallest absolute Gasteiger partial charge is 0.255 e. The second-order valence-electron chi connectivity index (χ2n) is 5.59. The highest BCUT2D eigenvalue weighted by Crippen LogP contribution is 2.20. The molecule has 4 nitrogen and oxygen atoms in total. The maximum atomic E-state index is 13.1. The lowest BCUT2D eigenvalue weighted by Gasteiger charge is -2.34. The molecule has 1 aromatic carbocycles. The molecule has 0 N–H and O–H groups in total. The van der Waals surface area contributed by atoms with Gasteiger partial charge in [-0.1, -0.05) is 17.7 Å². The van der Waals surface area contributed by atoms with E-state index in [1.54, 1.807) is 4.90 Å². The van der Waals surface area contributed by atoms with Crippen LogP contribution in [-0.2, 0) is 0 Å². The Kier molecular flexibility index (Phi) is 5.28. The van der Waals surface area contributed by atoms with E-state index in [4.69, 9.17) is 11.6 Å². The number of Topliss-reactive ketones (excluding diaryl/α,β-unsaturated/α-hetero) is 1. The minimum Gasteiger partial charge on any atom is -0.336 e. The number of benzene rings is 1. The van der Waals surface area contributed by atoms with Crippen molar-refractivity contribution in [3.63, 3.8) is 0 Å². The van der Waals surface area contributed by atoms with E-state index in [1.807, 2.05) is 22.4 Å². The van der Waals surface area contributed by atoms with Gasteiger partial charge in [-0.3, -0.25) is 14.5 Å². The van der Waals surface area contributed by atoms with Crippen molar-refractivity contribution in [3.8, 4) is 0 Å². The Morgan fingerprint density at radius 3 is 2.54 bits per heavy atom. The fourth-order valence-corrected chi connectivity index (χ4v) is 3.57. The van der Waals surface area contributed by atoms with Gasteiger partial charge in [0.2, 0.25) is 0 Å². The number of carbonyl (C=O) groups is 2. The second kappa shape index (κ2) is 7.42. The van der Waals surface area contributed by atoms with E-state index < -0.39 is 5.82 Å². The molecule has 126 valence electrons. The van der Waals surface area contributed by atoms with Crippen molar-refractivity contribution in [1.82, 2.24) is 9.80 Å². The van der Waals surface area contributed by atoms with Gasteiger partial charge in [0.05, 0.1) is 22.0 Å². The predicted octanol–water partition coefficient (Wildman–Crippen LogP) is 3.18. The van der Waals surface area contributed by atoms with E-state index in [-0.39, 0.29) is 16.7 Å². The number of carbonyl (C=O) groups excluding carboxylic acids is 2. The third kappa shape index (κ3) is 3.83. The van der Waals surface area contributed by atoms with Crippen LogP contribution in [0.1, 0.15) is 20.0 Å². The molecule has 0 unspecified atom stereocenters. The summed E-state index contributed by atoms with van der Waals surface area (Å²) in [7, 11) is 0. The van der Waals surface area contributed by atoms with Crippen molar-refractivity contribution in [2.24, 2.45) is 0 Å². The molecule has 0 bridgehead atoms. The number of nitrogens with zero attached hydrogens (tertiary/aromatic N) is 2. The standard InChI is InChI=1S/C17H16ClFN2O2S/c18-14-10-12(19)3-4-13(14)17(23)21-7-5-20(6-8-21)11-15(22)16-2-1-9-24-16/h1-4,9-10H,5-8,11H2. The largest absolute Gasteiger partial charge is 0.336 e. The molecule has 1 aliphatic rings. The summed E-state index contributed by atoms with van der Waals surface area (Å²) < 4.78 is 13.1. The van der Waals surface area contributed by atoms with E-state index in [1.165, 1.54) is 23.5 Å². The van der Waals surface area contributed by atoms with E-state index in [2.05, 4.69) is 0 Å². The van der Waals surface area contributed by atoms with Crippen LogP contribution in [0.5, 0.6) is 0 Å². The first-order valence-corrected chi connectivity index (χ1v) is 8.84. The summed E-state index contributed by atoms with van der Waals surface area (Å²) in [5, 5.41) is 2.01. The molecular weight excluding hydrogens is 351 g/mol. The van der Waals surface area contributed by atoms with E-state index >= 15 is 0 Å². The summed E-state index contributed by atoms with van der Waals surface area (Å²) in [5.74, 6) is -0.566. The average molecular weight is 367 g/mol. The van der Waals surface area contributed by atoms with Gasteiger partial charge in [0, 0.05) is 26.2 Å². The molecule has 3 rings (SSSR count). The van der Waals surface area contributed by atoms with Crippen molar-refractivity contribution in [2.75, 3.05) is 32.7 Å². The van der Waals surface area contributed by atoms with Crippen LogP contribution in [0.4, 0.5) is 4.39 Å². The monoisotopic (exact) mass is 366 g/mol. The van der Waals surface area contributed by atoms with Gasteiger partial charge in [0.25, 0.3) is 5.91 Å². The highest BCUT2D eigenvalue weighted by atomic mass is 35.5. The van der Waals surface area contributed by atoms with Crippen LogP contribution in [-0.4, -0.2) is 54.2 Å². The van der Waals surface area contributed by atoms with Crippen LogP contribution < -0.4 is 0 Å². The van der Waals surface area contributed by atoms with Crippen LogP contribution >= 0.6 is 22.9 Å². The molecule has 0 atom stereocenters. The lowest BCUT2D eigenvalue weighted by Crippen LogP contribution is -2.49. The van der Waals surface area contributed by atoms with Crippen molar-refractivity contribution in [2.45, 2.75) is 0 Å². The number of hydrogen-bond donors (Lipinski definition) is 0. The molecule has 1 aliphatic heterocycles. The number of ketones is 1. The quantitative estimate of drug-likeness (QED) is 0.780. The van der Waals surface area contributed by atoms with Crippen LogP contribution in [0.2, 0.25) is 5.02 Å². The molecule has 7 heteroatoms. The van der Waals surface area contributed by atoms with Crippen molar-refractivity contribution >= 4 is 34.6 Å². The van der Waals surface area contributed by atoms with Gasteiger partial charge >= 0.3 is 0 Å². The van der Waals surface area contributed by atoms with Gasteiger partial charge in [-0.15, -0.1) is 11.3 Å². The van der Waals surface area contributed by atoms with Gasteiger partial charge < -0.3 is 4.90 Å². The van der Waals surface area contributed by atoms with Crippen LogP contribution in [0.25, 0.3) is 0 Å². The summed E-state index contributed by atoms with van der Waals surface area (Å²) in [5.41, 5.74) is 0.307. The Morgan fingerprint density at radius 1 is 1.17 bits per heavy atom. The molecule has 0 radical (unpaired) electrons. The zero-order chi connectivity index (χ0) is 17.1. The molecular formula is C17H16ClFN2O2S. The van der Waals surface area contributed by atoms with Gasteiger partial charge in [0.1, 0.15) is 5.82 Å².